The quantitative estimate of drug-likeness (QED) is 0.491. The minimum absolute atomic E-state index is 0.137. The number of nitrogens with zero attached hydrogens (tertiary/aromatic N) is 1. The third-order valence-electron chi connectivity index (χ3n) is 1.04. The zero-order valence-corrected chi connectivity index (χ0v) is 4.84. The molecule has 0 bridgehead atoms. The molecule has 4 heteroatoms. The van der Waals surface area contributed by atoms with Crippen molar-refractivity contribution < 1.29 is 5.11 Å². The molecule has 1 aromatic rings. The van der Waals surface area contributed by atoms with Gasteiger partial charge in [0.2, 0.25) is 0 Å². The lowest BCUT2D eigenvalue weighted by molar-refractivity contribution is -0.276. The number of aromatic amines is 1. The second kappa shape index (κ2) is 1.89. The van der Waals surface area contributed by atoms with Crippen LogP contribution in [0.1, 0.15) is 5.56 Å². The molecule has 1 heterocycles. The monoisotopic (exact) mass is 125 g/mol. The van der Waals surface area contributed by atoms with Crippen LogP contribution in [0.5, 0.6) is 5.88 Å². The van der Waals surface area contributed by atoms with E-state index in [1.54, 1.807) is 0 Å². The second-order valence-electron chi connectivity index (χ2n) is 1.66. The van der Waals surface area contributed by atoms with Gasteiger partial charge in [-0.15, -0.1) is 0 Å². The maximum Gasteiger partial charge on any atom is 0.252 e. The van der Waals surface area contributed by atoms with E-state index in [4.69, 9.17) is 0 Å². The zero-order chi connectivity index (χ0) is 6.85. The highest BCUT2D eigenvalue weighted by molar-refractivity contribution is 5.16. The molecule has 0 unspecified atom stereocenters. The summed E-state index contributed by atoms with van der Waals surface area (Å²) in [6.45, 7) is 1.44. The Hall–Kier alpha value is -1.32. The van der Waals surface area contributed by atoms with Crippen LogP contribution in [0.3, 0.4) is 0 Å². The highest BCUT2D eigenvalue weighted by atomic mass is 16.3. The third kappa shape index (κ3) is 0.910. The van der Waals surface area contributed by atoms with Crippen LogP contribution < -0.4 is 10.7 Å². The lowest BCUT2D eigenvalue weighted by Gasteiger charge is -2.03. The molecular formula is C5H5N2O2-. The summed E-state index contributed by atoms with van der Waals surface area (Å²) in [5.41, 5.74) is -0.229. The van der Waals surface area contributed by atoms with E-state index in [0.29, 0.717) is 0 Å². The first-order chi connectivity index (χ1) is 4.22. The van der Waals surface area contributed by atoms with Gasteiger partial charge >= 0.3 is 0 Å². The third-order valence-corrected chi connectivity index (χ3v) is 1.04. The Balaban J connectivity index is 3.43. The van der Waals surface area contributed by atoms with Crippen LogP contribution in [0, 0.1) is 6.92 Å². The zero-order valence-electron chi connectivity index (χ0n) is 4.84. The normalized spacial score (nSPS) is 9.44. The first kappa shape index (κ1) is 5.81. The summed E-state index contributed by atoms with van der Waals surface area (Å²) in [5.74, 6) is -0.459. The number of nitrogens with one attached hydrogen (secondary N) is 1. The minimum Gasteiger partial charge on any atom is -0.858 e. The van der Waals surface area contributed by atoms with Gasteiger partial charge in [0.05, 0.1) is 6.33 Å². The summed E-state index contributed by atoms with van der Waals surface area (Å²) in [5, 5.41) is 10.5. The molecule has 0 saturated carbocycles. The summed E-state index contributed by atoms with van der Waals surface area (Å²) in [6, 6.07) is 0. The van der Waals surface area contributed by atoms with Gasteiger partial charge in [-0.3, -0.25) is 9.78 Å². The van der Waals surface area contributed by atoms with Crippen LogP contribution in [0.25, 0.3) is 0 Å². The molecule has 48 valence electrons. The topological polar surface area (TPSA) is 68.8 Å². The molecule has 1 rings (SSSR count). The van der Waals surface area contributed by atoms with Crippen LogP contribution in [0.2, 0.25) is 0 Å². The summed E-state index contributed by atoms with van der Waals surface area (Å²) < 4.78 is 0. The Morgan fingerprint density at radius 3 is 2.89 bits per heavy atom. The smallest absolute Gasteiger partial charge is 0.252 e. The van der Waals surface area contributed by atoms with Crippen LogP contribution in [0.4, 0.5) is 0 Å². The van der Waals surface area contributed by atoms with Crippen LogP contribution in [-0.4, -0.2) is 9.97 Å². The van der Waals surface area contributed by atoms with Gasteiger partial charge in [0, 0.05) is 5.56 Å². The minimum atomic E-state index is -0.459. The summed E-state index contributed by atoms with van der Waals surface area (Å²) in [7, 11) is 0. The summed E-state index contributed by atoms with van der Waals surface area (Å²) >= 11 is 0. The summed E-state index contributed by atoms with van der Waals surface area (Å²) in [4.78, 5) is 16.1. The van der Waals surface area contributed by atoms with Gasteiger partial charge in [-0.05, 0) is 12.8 Å². The van der Waals surface area contributed by atoms with E-state index in [-0.39, 0.29) is 11.1 Å². The van der Waals surface area contributed by atoms with E-state index in [9.17, 15) is 9.90 Å². The Labute approximate surface area is 51.2 Å². The Kier molecular flexibility index (Phi) is 1.22. The maximum atomic E-state index is 10.5. The number of hydrogen-bond acceptors (Lipinski definition) is 3. The first-order valence-corrected chi connectivity index (χ1v) is 2.43. The SMILES string of the molecule is Cc1c([O-])nc[nH]c1=O. The summed E-state index contributed by atoms with van der Waals surface area (Å²) in [6.07, 6.45) is 1.09. The molecule has 0 amide bonds. The lowest BCUT2D eigenvalue weighted by Crippen LogP contribution is -2.13. The average Bonchev–Trinajstić information content (AvgIpc) is 1.83. The molecule has 0 aliphatic carbocycles. The molecule has 0 fully saturated rings. The van der Waals surface area contributed by atoms with Crippen molar-refractivity contribution in [3.63, 3.8) is 0 Å². The van der Waals surface area contributed by atoms with Crippen molar-refractivity contribution in [3.05, 3.63) is 22.2 Å². The van der Waals surface area contributed by atoms with E-state index in [2.05, 4.69) is 9.97 Å². The van der Waals surface area contributed by atoms with Crippen molar-refractivity contribution in [1.29, 1.82) is 0 Å². The fourth-order valence-corrected chi connectivity index (χ4v) is 0.452. The van der Waals surface area contributed by atoms with E-state index >= 15 is 0 Å². The first-order valence-electron chi connectivity index (χ1n) is 2.43. The van der Waals surface area contributed by atoms with Gasteiger partial charge in [0.1, 0.15) is 0 Å². The highest BCUT2D eigenvalue weighted by Gasteiger charge is 1.89. The van der Waals surface area contributed by atoms with Crippen molar-refractivity contribution in [2.75, 3.05) is 0 Å². The molecule has 4 nitrogen and oxygen atoms in total. The Morgan fingerprint density at radius 2 is 2.44 bits per heavy atom. The van der Waals surface area contributed by atoms with Gasteiger partial charge in [0.15, 0.2) is 0 Å². The van der Waals surface area contributed by atoms with Crippen LogP contribution in [0.15, 0.2) is 11.1 Å². The van der Waals surface area contributed by atoms with Gasteiger partial charge in [-0.1, -0.05) is 0 Å². The Morgan fingerprint density at radius 1 is 1.78 bits per heavy atom. The molecule has 0 saturated heterocycles. The molecule has 1 N–H and O–H groups in total. The molecule has 0 aromatic carbocycles. The van der Waals surface area contributed by atoms with E-state index in [1.807, 2.05) is 0 Å². The number of aromatic nitrogens is 2. The largest absolute Gasteiger partial charge is 0.858 e. The fourth-order valence-electron chi connectivity index (χ4n) is 0.452. The van der Waals surface area contributed by atoms with E-state index in [1.165, 1.54) is 6.92 Å². The molecule has 9 heavy (non-hydrogen) atoms. The van der Waals surface area contributed by atoms with Gasteiger partial charge in [-0.2, -0.15) is 0 Å². The fraction of sp³-hybridized carbons (Fsp3) is 0.200. The molecule has 0 radical (unpaired) electrons. The predicted octanol–water partition coefficient (Wildman–Crippen LogP) is -0.848. The molecule has 1 aromatic heterocycles. The van der Waals surface area contributed by atoms with Crippen molar-refractivity contribution in [1.82, 2.24) is 9.97 Å². The lowest BCUT2D eigenvalue weighted by atomic mass is 10.4. The van der Waals surface area contributed by atoms with Crippen molar-refractivity contribution in [3.8, 4) is 5.88 Å². The van der Waals surface area contributed by atoms with Crippen molar-refractivity contribution >= 4 is 0 Å². The number of hydrogen-bond donors (Lipinski definition) is 1. The number of rotatable bonds is 0. The maximum absolute atomic E-state index is 10.5. The van der Waals surface area contributed by atoms with Gasteiger partial charge in [-0.25, -0.2) is 0 Å². The van der Waals surface area contributed by atoms with Crippen LogP contribution in [-0.2, 0) is 0 Å². The number of H-pyrrole nitrogens is 1. The predicted molar refractivity (Wildman–Crippen MR) is 29.0 cm³/mol. The average molecular weight is 125 g/mol. The van der Waals surface area contributed by atoms with E-state index in [0.717, 1.165) is 6.33 Å². The molecule has 0 aliphatic heterocycles. The van der Waals surface area contributed by atoms with E-state index < -0.39 is 5.88 Å². The standard InChI is InChI=1S/C5H6N2O2/c1-3-4(8)6-2-7-5(3)9/h2H,1H3,(H2,6,7,8,9)/p-1. The van der Waals surface area contributed by atoms with Crippen LogP contribution >= 0.6 is 0 Å². The highest BCUT2D eigenvalue weighted by Crippen LogP contribution is 1.96. The molecule has 0 atom stereocenters. The Bertz CT molecular complexity index is 266. The molecule has 0 spiro atoms. The molecular weight excluding hydrogens is 120 g/mol. The second-order valence-corrected chi connectivity index (χ2v) is 1.66. The van der Waals surface area contributed by atoms with Crippen molar-refractivity contribution in [2.45, 2.75) is 6.92 Å². The van der Waals surface area contributed by atoms with Gasteiger partial charge < -0.3 is 10.1 Å². The van der Waals surface area contributed by atoms with Crippen molar-refractivity contribution in [2.24, 2.45) is 0 Å². The van der Waals surface area contributed by atoms with Gasteiger partial charge in [0.25, 0.3) is 5.56 Å². The molecule has 0 aliphatic rings.